The first-order chi connectivity index (χ1) is 6.74. The summed E-state index contributed by atoms with van der Waals surface area (Å²) < 4.78 is 23.6. The zero-order valence-corrected chi connectivity index (χ0v) is 9.38. The minimum Gasteiger partial charge on any atom is -0.476 e. The van der Waals surface area contributed by atoms with Gasteiger partial charge in [0.15, 0.2) is 5.82 Å². The van der Waals surface area contributed by atoms with E-state index in [1.807, 2.05) is 0 Å². The predicted molar refractivity (Wildman–Crippen MR) is 53.9 cm³/mol. The number of hydrogen-bond donors (Lipinski definition) is 0. The van der Waals surface area contributed by atoms with E-state index in [1.165, 1.54) is 12.3 Å². The van der Waals surface area contributed by atoms with E-state index in [9.17, 15) is 4.39 Å². The van der Waals surface area contributed by atoms with E-state index in [1.54, 1.807) is 7.11 Å². The standard InChI is InChI=1S/C9H11BrFNO2/c1-13-3-2-4-14-9-8(11)5-7(10)6-12-9/h5-6H,2-4H2,1H3. The molecular weight excluding hydrogens is 253 g/mol. The number of methoxy groups -OCH3 is 1. The van der Waals surface area contributed by atoms with Crippen molar-refractivity contribution in [2.45, 2.75) is 6.42 Å². The molecule has 5 heteroatoms. The third kappa shape index (κ3) is 3.59. The highest BCUT2D eigenvalue weighted by Crippen LogP contribution is 2.17. The molecule has 0 atom stereocenters. The average Bonchev–Trinajstić information content (AvgIpc) is 2.15. The van der Waals surface area contributed by atoms with Crippen LogP contribution in [0.2, 0.25) is 0 Å². The first-order valence-electron chi connectivity index (χ1n) is 4.17. The summed E-state index contributed by atoms with van der Waals surface area (Å²) in [5, 5.41) is 0. The molecule has 0 N–H and O–H groups in total. The lowest BCUT2D eigenvalue weighted by Crippen LogP contribution is -2.03. The number of aromatic nitrogens is 1. The molecule has 0 fully saturated rings. The maximum atomic E-state index is 13.1. The molecule has 0 spiro atoms. The topological polar surface area (TPSA) is 31.4 Å². The van der Waals surface area contributed by atoms with E-state index in [-0.39, 0.29) is 5.88 Å². The van der Waals surface area contributed by atoms with Crippen LogP contribution in [0.15, 0.2) is 16.7 Å². The minimum atomic E-state index is -0.461. The quantitative estimate of drug-likeness (QED) is 0.765. The molecule has 0 bridgehead atoms. The van der Waals surface area contributed by atoms with Gasteiger partial charge in [0.2, 0.25) is 5.88 Å². The molecule has 0 aliphatic heterocycles. The van der Waals surface area contributed by atoms with Crippen molar-refractivity contribution in [3.8, 4) is 5.88 Å². The van der Waals surface area contributed by atoms with E-state index in [0.717, 1.165) is 0 Å². The Labute approximate surface area is 90.4 Å². The van der Waals surface area contributed by atoms with E-state index in [2.05, 4.69) is 20.9 Å². The smallest absolute Gasteiger partial charge is 0.250 e. The third-order valence-corrected chi connectivity index (χ3v) is 1.94. The normalized spacial score (nSPS) is 10.2. The van der Waals surface area contributed by atoms with Crippen molar-refractivity contribution in [3.05, 3.63) is 22.6 Å². The molecule has 0 radical (unpaired) electrons. The Morgan fingerprint density at radius 2 is 2.29 bits per heavy atom. The fourth-order valence-corrected chi connectivity index (χ4v) is 1.18. The van der Waals surface area contributed by atoms with E-state index < -0.39 is 5.82 Å². The Morgan fingerprint density at radius 3 is 2.93 bits per heavy atom. The van der Waals surface area contributed by atoms with Gasteiger partial charge < -0.3 is 9.47 Å². The molecule has 14 heavy (non-hydrogen) atoms. The van der Waals surface area contributed by atoms with Crippen molar-refractivity contribution in [2.24, 2.45) is 0 Å². The highest BCUT2D eigenvalue weighted by Gasteiger charge is 2.04. The van der Waals surface area contributed by atoms with Crippen LogP contribution < -0.4 is 4.74 Å². The van der Waals surface area contributed by atoms with Crippen molar-refractivity contribution in [1.29, 1.82) is 0 Å². The number of halogens is 2. The maximum Gasteiger partial charge on any atom is 0.250 e. The van der Waals surface area contributed by atoms with Gasteiger partial charge in [0, 0.05) is 30.8 Å². The SMILES string of the molecule is COCCCOc1ncc(Br)cc1F. The van der Waals surface area contributed by atoms with Crippen molar-refractivity contribution in [2.75, 3.05) is 20.3 Å². The Balaban J connectivity index is 2.42. The van der Waals surface area contributed by atoms with Gasteiger partial charge in [-0.1, -0.05) is 0 Å². The fraction of sp³-hybridized carbons (Fsp3) is 0.444. The molecule has 1 aromatic heterocycles. The first-order valence-corrected chi connectivity index (χ1v) is 4.96. The summed E-state index contributed by atoms with van der Waals surface area (Å²) in [5.74, 6) is -0.430. The molecule has 3 nitrogen and oxygen atoms in total. The largest absolute Gasteiger partial charge is 0.476 e. The molecule has 0 saturated carbocycles. The van der Waals surface area contributed by atoms with Crippen LogP contribution in [0.3, 0.4) is 0 Å². The second-order valence-corrected chi connectivity index (χ2v) is 3.55. The molecule has 78 valence electrons. The van der Waals surface area contributed by atoms with E-state index in [0.29, 0.717) is 24.1 Å². The summed E-state index contributed by atoms with van der Waals surface area (Å²) in [4.78, 5) is 3.79. The molecule has 0 unspecified atom stereocenters. The second-order valence-electron chi connectivity index (χ2n) is 2.64. The predicted octanol–water partition coefficient (Wildman–Crippen LogP) is 2.40. The van der Waals surface area contributed by atoms with Gasteiger partial charge in [0.25, 0.3) is 0 Å². The van der Waals surface area contributed by atoms with Crippen LogP contribution in [0.25, 0.3) is 0 Å². The molecule has 0 saturated heterocycles. The van der Waals surface area contributed by atoms with Crippen LogP contribution in [0.1, 0.15) is 6.42 Å². The molecule has 1 rings (SSSR count). The summed E-state index contributed by atoms with van der Waals surface area (Å²) in [6.07, 6.45) is 2.21. The summed E-state index contributed by atoms with van der Waals surface area (Å²) in [6.45, 7) is 0.998. The zero-order chi connectivity index (χ0) is 10.4. The number of rotatable bonds is 5. The van der Waals surface area contributed by atoms with Gasteiger partial charge in [-0.2, -0.15) is 0 Å². The van der Waals surface area contributed by atoms with Crippen LogP contribution in [0.5, 0.6) is 5.88 Å². The molecular formula is C9H11BrFNO2. The van der Waals surface area contributed by atoms with Gasteiger partial charge in [-0.3, -0.25) is 0 Å². The highest BCUT2D eigenvalue weighted by molar-refractivity contribution is 9.10. The summed E-state index contributed by atoms with van der Waals surface area (Å²) >= 11 is 3.11. The molecule has 1 aromatic rings. The summed E-state index contributed by atoms with van der Waals surface area (Å²) in [6, 6.07) is 1.32. The van der Waals surface area contributed by atoms with Crippen LogP contribution in [-0.2, 0) is 4.74 Å². The van der Waals surface area contributed by atoms with Crippen LogP contribution in [0, 0.1) is 5.82 Å². The zero-order valence-electron chi connectivity index (χ0n) is 7.80. The van der Waals surface area contributed by atoms with Gasteiger partial charge in [0.05, 0.1) is 6.61 Å². The molecule has 0 aliphatic carbocycles. The lowest BCUT2D eigenvalue weighted by atomic mass is 10.4. The van der Waals surface area contributed by atoms with Crippen molar-refractivity contribution >= 4 is 15.9 Å². The molecule has 0 amide bonds. The number of pyridine rings is 1. The van der Waals surface area contributed by atoms with Crippen molar-refractivity contribution in [1.82, 2.24) is 4.98 Å². The van der Waals surface area contributed by atoms with E-state index in [4.69, 9.17) is 9.47 Å². The average molecular weight is 264 g/mol. The summed E-state index contributed by atoms with van der Waals surface area (Å²) in [7, 11) is 1.61. The maximum absolute atomic E-state index is 13.1. The second kappa shape index (κ2) is 5.93. The number of hydrogen-bond acceptors (Lipinski definition) is 3. The Kier molecular flexibility index (Phi) is 4.82. The van der Waals surface area contributed by atoms with Gasteiger partial charge in [-0.15, -0.1) is 0 Å². The van der Waals surface area contributed by atoms with Gasteiger partial charge in [-0.05, 0) is 22.0 Å². The monoisotopic (exact) mass is 263 g/mol. The van der Waals surface area contributed by atoms with Crippen LogP contribution in [-0.4, -0.2) is 25.3 Å². The Bertz CT molecular complexity index is 296. The Morgan fingerprint density at radius 1 is 1.50 bits per heavy atom. The lowest BCUT2D eigenvalue weighted by molar-refractivity contribution is 0.168. The lowest BCUT2D eigenvalue weighted by Gasteiger charge is -2.05. The summed E-state index contributed by atoms with van der Waals surface area (Å²) in [5.41, 5.74) is 0. The van der Waals surface area contributed by atoms with Gasteiger partial charge in [-0.25, -0.2) is 9.37 Å². The fourth-order valence-electron chi connectivity index (χ4n) is 0.880. The third-order valence-electron chi connectivity index (χ3n) is 1.51. The van der Waals surface area contributed by atoms with Gasteiger partial charge in [0.1, 0.15) is 0 Å². The van der Waals surface area contributed by atoms with E-state index >= 15 is 0 Å². The molecule has 1 heterocycles. The molecule has 0 aromatic carbocycles. The Hall–Kier alpha value is -0.680. The minimum absolute atomic E-state index is 0.0318. The molecule has 0 aliphatic rings. The van der Waals surface area contributed by atoms with Crippen LogP contribution >= 0.6 is 15.9 Å². The number of nitrogens with zero attached hydrogens (tertiary/aromatic N) is 1. The highest BCUT2D eigenvalue weighted by atomic mass is 79.9. The van der Waals surface area contributed by atoms with Crippen molar-refractivity contribution in [3.63, 3.8) is 0 Å². The number of ether oxygens (including phenoxy) is 2. The van der Waals surface area contributed by atoms with Crippen LogP contribution in [0.4, 0.5) is 4.39 Å². The van der Waals surface area contributed by atoms with Gasteiger partial charge >= 0.3 is 0 Å². The van der Waals surface area contributed by atoms with Crippen molar-refractivity contribution < 1.29 is 13.9 Å². The first kappa shape index (κ1) is 11.4.